The summed E-state index contributed by atoms with van der Waals surface area (Å²) in [7, 11) is 0. The van der Waals surface area contributed by atoms with Crippen molar-refractivity contribution in [3.63, 3.8) is 0 Å². The number of nitrogens with zero attached hydrogens (tertiary/aromatic N) is 3. The molecule has 4 aromatic rings. The van der Waals surface area contributed by atoms with Crippen LogP contribution in [0.4, 0.5) is 10.1 Å². The van der Waals surface area contributed by atoms with Crippen LogP contribution < -0.4 is 20.5 Å². The van der Waals surface area contributed by atoms with Gasteiger partial charge in [0, 0.05) is 60.6 Å². The molecule has 41 heavy (non-hydrogen) atoms. The lowest BCUT2D eigenvalue weighted by atomic mass is 10.1. The second-order valence-corrected chi connectivity index (χ2v) is 10.7. The van der Waals surface area contributed by atoms with Gasteiger partial charge in [-0.2, -0.15) is 0 Å². The van der Waals surface area contributed by atoms with Crippen LogP contribution in [0.1, 0.15) is 17.0 Å². The van der Waals surface area contributed by atoms with Crippen LogP contribution in [-0.4, -0.2) is 65.6 Å². The van der Waals surface area contributed by atoms with Crippen molar-refractivity contribution < 1.29 is 23.4 Å². The fourth-order valence-corrected chi connectivity index (χ4v) is 4.98. The first kappa shape index (κ1) is 29.1. The Morgan fingerprint density at radius 1 is 1.10 bits per heavy atom. The zero-order chi connectivity index (χ0) is 28.9. The fourth-order valence-electron chi connectivity index (χ4n) is 4.56. The Bertz CT molecular complexity index is 1490. The zero-order valence-corrected chi connectivity index (χ0v) is 23.9. The Kier molecular flexibility index (Phi) is 9.26. The number of piperazine rings is 1. The van der Waals surface area contributed by atoms with Crippen molar-refractivity contribution in [2.24, 2.45) is 0 Å². The first-order valence-electron chi connectivity index (χ1n) is 13.1. The molecule has 0 spiro atoms. The Balaban J connectivity index is 1.24. The summed E-state index contributed by atoms with van der Waals surface area (Å²) >= 11 is 12.3. The smallest absolute Gasteiger partial charge is 0.248 e. The summed E-state index contributed by atoms with van der Waals surface area (Å²) in [6, 6.07) is 13.1. The first-order valence-corrected chi connectivity index (χ1v) is 13.9. The topological polar surface area (TPSA) is 119 Å². The molecular formula is C29H30Cl2FN5O4. The molecule has 9 nitrogen and oxygen atoms in total. The minimum absolute atomic E-state index is 0.0231. The zero-order valence-electron chi connectivity index (χ0n) is 22.4. The van der Waals surface area contributed by atoms with Crippen LogP contribution in [0.25, 0.3) is 11.5 Å². The summed E-state index contributed by atoms with van der Waals surface area (Å²) in [4.78, 5) is 2.21. The van der Waals surface area contributed by atoms with Crippen LogP contribution >= 0.6 is 23.2 Å². The van der Waals surface area contributed by atoms with Crippen LogP contribution in [0, 0.1) is 12.7 Å². The van der Waals surface area contributed by atoms with Gasteiger partial charge in [-0.1, -0.05) is 29.3 Å². The predicted molar refractivity (Wildman–Crippen MR) is 155 cm³/mol. The van der Waals surface area contributed by atoms with Gasteiger partial charge in [-0.3, -0.25) is 4.90 Å². The lowest BCUT2D eigenvalue weighted by molar-refractivity contribution is 0.0641. The van der Waals surface area contributed by atoms with Gasteiger partial charge >= 0.3 is 0 Å². The minimum atomic E-state index is -0.660. The maximum atomic E-state index is 15.4. The molecule has 12 heteroatoms. The number of ether oxygens (including phenoxy) is 2. The standard InChI is InChI=1S/C29H30Cl2FN5O4/c1-17-10-22(39-16-21(38)15-37-8-6-34-7-9-37)3-4-24(17)29-36-35-26(41-29)11-18-2-5-25(31)28(27(18)32)40-23-13-19(30)12-20(33)14-23/h2-5,10,12-14,21,34,38H,6-9,11,15-16,33H2,1H3/t21-/m0/s1. The maximum absolute atomic E-state index is 15.4. The first-order chi connectivity index (χ1) is 19.7. The highest BCUT2D eigenvalue weighted by Gasteiger charge is 2.19. The molecule has 1 saturated heterocycles. The SMILES string of the molecule is Cc1cc(OC[C@@H](O)CN2CCNCC2)ccc1-c1nnc(Cc2ccc(Cl)c(Oc3cc(N)cc(Cl)c3)c2F)o1. The van der Waals surface area contributed by atoms with E-state index in [1.54, 1.807) is 12.1 Å². The average Bonchev–Trinajstić information content (AvgIpc) is 3.40. The third-order valence-electron chi connectivity index (χ3n) is 6.60. The molecule has 0 amide bonds. The van der Waals surface area contributed by atoms with Crippen molar-refractivity contribution in [2.75, 3.05) is 45.1 Å². The molecule has 2 heterocycles. The van der Waals surface area contributed by atoms with E-state index in [1.807, 2.05) is 19.1 Å². The fraction of sp³-hybridized carbons (Fsp3) is 0.310. The van der Waals surface area contributed by atoms with E-state index in [4.69, 9.17) is 42.8 Å². The summed E-state index contributed by atoms with van der Waals surface area (Å²) in [5, 5.41) is 22.4. The molecule has 1 aromatic heterocycles. The van der Waals surface area contributed by atoms with E-state index >= 15 is 4.39 Å². The third kappa shape index (κ3) is 7.46. The van der Waals surface area contributed by atoms with Gasteiger partial charge in [-0.05, 0) is 48.9 Å². The van der Waals surface area contributed by atoms with E-state index < -0.39 is 11.9 Å². The number of halogens is 3. The van der Waals surface area contributed by atoms with Gasteiger partial charge in [0.1, 0.15) is 24.2 Å². The summed E-state index contributed by atoms with van der Waals surface area (Å²) in [6.07, 6.45) is -0.565. The van der Waals surface area contributed by atoms with Crippen LogP contribution in [0.15, 0.2) is 52.9 Å². The number of nitrogen functional groups attached to an aromatic ring is 1. The van der Waals surface area contributed by atoms with Crippen molar-refractivity contribution in [1.29, 1.82) is 0 Å². The van der Waals surface area contributed by atoms with Gasteiger partial charge < -0.3 is 30.0 Å². The molecule has 1 atom stereocenters. The quantitative estimate of drug-likeness (QED) is 0.213. The number of nitrogens with two attached hydrogens (primary N) is 1. The molecule has 1 fully saturated rings. The number of aliphatic hydroxyl groups excluding tert-OH is 1. The van der Waals surface area contributed by atoms with Crippen molar-refractivity contribution in [2.45, 2.75) is 19.4 Å². The van der Waals surface area contributed by atoms with E-state index in [0.29, 0.717) is 28.9 Å². The Labute approximate surface area is 247 Å². The number of aromatic nitrogens is 2. The van der Waals surface area contributed by atoms with Crippen molar-refractivity contribution in [3.8, 4) is 28.7 Å². The lowest BCUT2D eigenvalue weighted by Crippen LogP contribution is -2.47. The van der Waals surface area contributed by atoms with Gasteiger partial charge in [-0.15, -0.1) is 10.2 Å². The van der Waals surface area contributed by atoms with Crippen molar-refractivity contribution in [1.82, 2.24) is 20.4 Å². The number of hydrogen-bond donors (Lipinski definition) is 3. The van der Waals surface area contributed by atoms with Gasteiger partial charge in [0.15, 0.2) is 11.6 Å². The molecule has 1 aliphatic heterocycles. The minimum Gasteiger partial charge on any atom is -0.491 e. The molecule has 1 aliphatic rings. The number of β-amino-alcohol motifs (C(OH)–C–C–N with tert-alkyl or cyclic N) is 1. The molecule has 0 saturated carbocycles. The maximum Gasteiger partial charge on any atom is 0.248 e. The summed E-state index contributed by atoms with van der Waals surface area (Å²) in [5.74, 6) is 0.577. The number of hydrogen-bond acceptors (Lipinski definition) is 9. The molecule has 0 unspecified atom stereocenters. The van der Waals surface area contributed by atoms with Crippen LogP contribution in [-0.2, 0) is 6.42 Å². The predicted octanol–water partition coefficient (Wildman–Crippen LogP) is 5.10. The lowest BCUT2D eigenvalue weighted by Gasteiger charge is -2.29. The molecule has 0 aliphatic carbocycles. The van der Waals surface area contributed by atoms with Crippen LogP contribution in [0.3, 0.4) is 0 Å². The highest BCUT2D eigenvalue weighted by molar-refractivity contribution is 6.32. The summed E-state index contributed by atoms with van der Waals surface area (Å²) in [6.45, 7) is 6.33. The monoisotopic (exact) mass is 601 g/mol. The van der Waals surface area contributed by atoms with E-state index in [2.05, 4.69) is 20.4 Å². The Morgan fingerprint density at radius 2 is 1.90 bits per heavy atom. The van der Waals surface area contributed by atoms with E-state index in [-0.39, 0.29) is 41.0 Å². The van der Waals surface area contributed by atoms with Crippen molar-refractivity contribution >= 4 is 28.9 Å². The van der Waals surface area contributed by atoms with E-state index in [1.165, 1.54) is 24.3 Å². The summed E-state index contributed by atoms with van der Waals surface area (Å²) in [5.41, 5.74) is 8.01. The van der Waals surface area contributed by atoms with E-state index in [9.17, 15) is 5.11 Å². The molecule has 5 rings (SSSR count). The summed E-state index contributed by atoms with van der Waals surface area (Å²) < 4.78 is 32.8. The molecule has 216 valence electrons. The van der Waals surface area contributed by atoms with Gasteiger partial charge in [0.25, 0.3) is 0 Å². The van der Waals surface area contributed by atoms with Gasteiger partial charge in [0.2, 0.25) is 11.8 Å². The Hall–Kier alpha value is -3.41. The molecule has 0 radical (unpaired) electrons. The Morgan fingerprint density at radius 3 is 2.66 bits per heavy atom. The molecule has 4 N–H and O–H groups in total. The molecule has 0 bridgehead atoms. The number of nitrogens with one attached hydrogen (secondary N) is 1. The van der Waals surface area contributed by atoms with Crippen LogP contribution in [0.5, 0.6) is 17.2 Å². The number of aryl methyl sites for hydroxylation is 1. The normalized spacial score (nSPS) is 14.7. The second-order valence-electron chi connectivity index (χ2n) is 9.84. The molecule has 3 aromatic carbocycles. The highest BCUT2D eigenvalue weighted by atomic mass is 35.5. The largest absolute Gasteiger partial charge is 0.491 e. The average molecular weight is 602 g/mol. The van der Waals surface area contributed by atoms with Crippen LogP contribution in [0.2, 0.25) is 10.0 Å². The number of anilines is 1. The number of benzene rings is 3. The number of aliphatic hydroxyl groups is 1. The van der Waals surface area contributed by atoms with Gasteiger partial charge in [0.05, 0.1) is 11.4 Å². The second kappa shape index (κ2) is 13.1. The number of rotatable bonds is 10. The third-order valence-corrected chi connectivity index (χ3v) is 7.12. The van der Waals surface area contributed by atoms with Gasteiger partial charge in [-0.25, -0.2) is 4.39 Å². The molecular weight excluding hydrogens is 572 g/mol. The highest BCUT2D eigenvalue weighted by Crippen LogP contribution is 2.36. The van der Waals surface area contributed by atoms with Crippen molar-refractivity contribution in [3.05, 3.63) is 81.4 Å². The van der Waals surface area contributed by atoms with E-state index in [0.717, 1.165) is 37.3 Å².